The van der Waals surface area contributed by atoms with E-state index in [0.29, 0.717) is 0 Å². The Kier molecular flexibility index (Phi) is 2.12. The Labute approximate surface area is 126 Å². The van der Waals surface area contributed by atoms with Gasteiger partial charge in [0, 0.05) is 10.8 Å². The Bertz CT molecular complexity index is 1180. The van der Waals surface area contributed by atoms with E-state index in [2.05, 4.69) is 24.3 Å². The van der Waals surface area contributed by atoms with Crippen molar-refractivity contribution < 1.29 is 9.52 Å². The van der Waals surface area contributed by atoms with E-state index in [-0.39, 0.29) is 5.75 Å². The normalized spacial score (nSPS) is 11.8. The fourth-order valence-corrected chi connectivity index (χ4v) is 3.43. The van der Waals surface area contributed by atoms with Crippen molar-refractivity contribution in [2.45, 2.75) is 0 Å². The third kappa shape index (κ3) is 1.34. The Morgan fingerprint density at radius 2 is 1.23 bits per heavy atom. The summed E-state index contributed by atoms with van der Waals surface area (Å²) in [7, 11) is 0. The van der Waals surface area contributed by atoms with E-state index in [4.69, 9.17) is 4.42 Å². The van der Waals surface area contributed by atoms with Crippen molar-refractivity contribution in [1.29, 1.82) is 0 Å². The molecule has 1 heterocycles. The zero-order valence-electron chi connectivity index (χ0n) is 11.7. The number of fused-ring (bicyclic) bond motifs is 8. The van der Waals surface area contributed by atoms with Gasteiger partial charge in [0.05, 0.1) is 5.39 Å². The van der Waals surface area contributed by atoms with Crippen LogP contribution in [0.4, 0.5) is 0 Å². The monoisotopic (exact) mass is 284 g/mol. The summed E-state index contributed by atoms with van der Waals surface area (Å²) in [6, 6.07) is 21.9. The molecule has 4 aromatic carbocycles. The van der Waals surface area contributed by atoms with Crippen molar-refractivity contribution in [1.82, 2.24) is 0 Å². The molecule has 0 bridgehead atoms. The lowest BCUT2D eigenvalue weighted by Gasteiger charge is -2.06. The lowest BCUT2D eigenvalue weighted by Crippen LogP contribution is -1.80. The van der Waals surface area contributed by atoms with E-state index in [9.17, 15) is 5.11 Å². The van der Waals surface area contributed by atoms with E-state index >= 15 is 0 Å². The molecule has 104 valence electrons. The second-order valence-electron chi connectivity index (χ2n) is 5.55. The minimum atomic E-state index is 0.261. The lowest BCUT2D eigenvalue weighted by atomic mass is 9.97. The largest absolute Gasteiger partial charge is 0.507 e. The molecule has 5 rings (SSSR count). The number of furan rings is 1. The van der Waals surface area contributed by atoms with E-state index in [1.54, 1.807) is 6.07 Å². The first-order valence-corrected chi connectivity index (χ1v) is 7.28. The highest BCUT2D eigenvalue weighted by molar-refractivity contribution is 6.30. The molecule has 0 saturated heterocycles. The molecule has 0 radical (unpaired) electrons. The van der Waals surface area contributed by atoms with Crippen molar-refractivity contribution in [2.24, 2.45) is 0 Å². The predicted molar refractivity (Wildman–Crippen MR) is 90.4 cm³/mol. The second kappa shape index (κ2) is 4.01. The van der Waals surface area contributed by atoms with Crippen LogP contribution in [0.5, 0.6) is 5.75 Å². The van der Waals surface area contributed by atoms with E-state index in [1.165, 1.54) is 10.8 Å². The predicted octanol–water partition coefficient (Wildman–Crippen LogP) is 5.60. The first-order valence-electron chi connectivity index (χ1n) is 7.28. The van der Waals surface area contributed by atoms with E-state index < -0.39 is 0 Å². The molecule has 22 heavy (non-hydrogen) atoms. The molecule has 0 atom stereocenters. The fraction of sp³-hybridized carbons (Fsp3) is 0. The van der Waals surface area contributed by atoms with Crippen LogP contribution in [0.2, 0.25) is 0 Å². The van der Waals surface area contributed by atoms with Crippen LogP contribution in [0.25, 0.3) is 43.5 Å². The summed E-state index contributed by atoms with van der Waals surface area (Å²) in [6.07, 6.45) is 0. The third-order valence-electron chi connectivity index (χ3n) is 4.35. The van der Waals surface area contributed by atoms with Crippen LogP contribution in [0, 0.1) is 0 Å². The van der Waals surface area contributed by atoms with Crippen LogP contribution in [-0.4, -0.2) is 5.11 Å². The molecule has 0 spiro atoms. The molecular weight excluding hydrogens is 272 g/mol. The standard InChI is InChI=1S/C20H12O2/c21-16-10-5-11-17-19(16)18-14-8-3-1-6-12(14)13-7-2-4-9-15(13)20(18)22-17/h1-11,21H. The highest BCUT2D eigenvalue weighted by Gasteiger charge is 2.17. The Balaban J connectivity index is 2.26. The van der Waals surface area contributed by atoms with Crippen molar-refractivity contribution >= 4 is 43.5 Å². The molecule has 0 fully saturated rings. The Morgan fingerprint density at radius 1 is 0.591 bits per heavy atom. The van der Waals surface area contributed by atoms with Gasteiger partial charge in [-0.05, 0) is 28.3 Å². The number of aromatic hydroxyl groups is 1. The fourth-order valence-electron chi connectivity index (χ4n) is 3.43. The van der Waals surface area contributed by atoms with Crippen molar-refractivity contribution in [3.63, 3.8) is 0 Å². The molecule has 0 aliphatic heterocycles. The average Bonchev–Trinajstić information content (AvgIpc) is 2.96. The van der Waals surface area contributed by atoms with Gasteiger partial charge in [0.2, 0.25) is 0 Å². The molecule has 0 aliphatic carbocycles. The van der Waals surface area contributed by atoms with E-state index in [1.807, 2.05) is 36.4 Å². The summed E-state index contributed by atoms with van der Waals surface area (Å²) in [6.45, 7) is 0. The van der Waals surface area contributed by atoms with Gasteiger partial charge >= 0.3 is 0 Å². The highest BCUT2D eigenvalue weighted by Crippen LogP contribution is 2.43. The van der Waals surface area contributed by atoms with Crippen molar-refractivity contribution in [3.8, 4) is 5.75 Å². The zero-order valence-corrected chi connectivity index (χ0v) is 11.7. The van der Waals surface area contributed by atoms with Crippen molar-refractivity contribution in [2.75, 3.05) is 0 Å². The van der Waals surface area contributed by atoms with Gasteiger partial charge < -0.3 is 9.52 Å². The quantitative estimate of drug-likeness (QED) is 0.376. The maximum Gasteiger partial charge on any atom is 0.144 e. The maximum absolute atomic E-state index is 10.3. The molecule has 0 unspecified atom stereocenters. The van der Waals surface area contributed by atoms with Gasteiger partial charge in [-0.25, -0.2) is 0 Å². The summed E-state index contributed by atoms with van der Waals surface area (Å²) < 4.78 is 6.09. The van der Waals surface area contributed by atoms with Gasteiger partial charge in [-0.15, -0.1) is 0 Å². The van der Waals surface area contributed by atoms with Crippen LogP contribution in [0.3, 0.4) is 0 Å². The number of rotatable bonds is 0. The molecule has 2 nitrogen and oxygen atoms in total. The number of phenols is 1. The summed E-state index contributed by atoms with van der Waals surface area (Å²) in [5.41, 5.74) is 1.56. The van der Waals surface area contributed by atoms with E-state index in [0.717, 1.165) is 32.7 Å². The van der Waals surface area contributed by atoms with Gasteiger partial charge in [-0.3, -0.25) is 0 Å². The van der Waals surface area contributed by atoms with Crippen LogP contribution in [-0.2, 0) is 0 Å². The minimum absolute atomic E-state index is 0.261. The molecular formula is C20H12O2. The maximum atomic E-state index is 10.3. The second-order valence-corrected chi connectivity index (χ2v) is 5.55. The smallest absolute Gasteiger partial charge is 0.144 e. The number of benzene rings is 4. The van der Waals surface area contributed by atoms with Crippen LogP contribution in [0.15, 0.2) is 71.1 Å². The van der Waals surface area contributed by atoms with Crippen molar-refractivity contribution in [3.05, 3.63) is 66.7 Å². The molecule has 0 saturated carbocycles. The SMILES string of the molecule is Oc1cccc2oc3c4ccccc4c4ccccc4c3c12. The van der Waals surface area contributed by atoms with Crippen LogP contribution >= 0.6 is 0 Å². The first kappa shape index (κ1) is 11.6. The topological polar surface area (TPSA) is 33.4 Å². The average molecular weight is 284 g/mol. The number of hydrogen-bond acceptors (Lipinski definition) is 2. The molecule has 5 aromatic rings. The molecule has 1 N–H and O–H groups in total. The lowest BCUT2D eigenvalue weighted by molar-refractivity contribution is 0.481. The van der Waals surface area contributed by atoms with Gasteiger partial charge in [0.15, 0.2) is 0 Å². The summed E-state index contributed by atoms with van der Waals surface area (Å²) in [4.78, 5) is 0. The number of phenolic OH excluding ortho intramolecular Hbond substituents is 1. The molecule has 0 aliphatic rings. The summed E-state index contributed by atoms with van der Waals surface area (Å²) in [5, 5.41) is 16.6. The Hall–Kier alpha value is -3.00. The molecule has 1 aromatic heterocycles. The van der Waals surface area contributed by atoms with Gasteiger partial charge in [0.25, 0.3) is 0 Å². The third-order valence-corrected chi connectivity index (χ3v) is 4.35. The molecule has 2 heteroatoms. The van der Waals surface area contributed by atoms with Gasteiger partial charge in [-0.1, -0.05) is 54.6 Å². The minimum Gasteiger partial charge on any atom is -0.507 e. The van der Waals surface area contributed by atoms with Crippen LogP contribution < -0.4 is 0 Å². The first-order chi connectivity index (χ1) is 10.8. The molecule has 0 amide bonds. The summed E-state index contributed by atoms with van der Waals surface area (Å²) in [5.74, 6) is 0.261. The van der Waals surface area contributed by atoms with Gasteiger partial charge in [-0.2, -0.15) is 0 Å². The zero-order chi connectivity index (χ0) is 14.7. The van der Waals surface area contributed by atoms with Crippen LogP contribution in [0.1, 0.15) is 0 Å². The Morgan fingerprint density at radius 3 is 2.00 bits per heavy atom. The van der Waals surface area contributed by atoms with Gasteiger partial charge in [0.1, 0.15) is 16.9 Å². The summed E-state index contributed by atoms with van der Waals surface area (Å²) >= 11 is 0. The highest BCUT2D eigenvalue weighted by atomic mass is 16.3. The number of hydrogen-bond donors (Lipinski definition) is 1.